The number of furan rings is 1. The first-order valence-corrected chi connectivity index (χ1v) is 7.87. The zero-order chi connectivity index (χ0) is 15.5. The molecule has 3 N–H and O–H groups in total. The van der Waals surface area contributed by atoms with Gasteiger partial charge in [-0.25, -0.2) is 4.79 Å². The van der Waals surface area contributed by atoms with E-state index in [2.05, 4.69) is 10.6 Å². The predicted molar refractivity (Wildman–Crippen MR) is 84.6 cm³/mol. The molecule has 0 radical (unpaired) electrons. The monoisotopic (exact) mass is 302 g/mol. The van der Waals surface area contributed by atoms with Gasteiger partial charge in [-0.15, -0.1) is 0 Å². The largest absolute Gasteiger partial charge is 0.459 e. The number of nitrogens with one attached hydrogen (secondary N) is 2. The Labute approximate surface area is 129 Å². The van der Waals surface area contributed by atoms with Gasteiger partial charge in [-0.2, -0.15) is 0 Å². The van der Waals surface area contributed by atoms with E-state index < -0.39 is 6.10 Å². The van der Waals surface area contributed by atoms with E-state index in [9.17, 15) is 9.90 Å². The lowest BCUT2D eigenvalue weighted by atomic mass is 9.93. The molecule has 1 aliphatic carbocycles. The Morgan fingerprint density at radius 3 is 2.86 bits per heavy atom. The number of rotatable bonds is 3. The Morgan fingerprint density at radius 2 is 2.09 bits per heavy atom. The van der Waals surface area contributed by atoms with Crippen molar-refractivity contribution < 1.29 is 14.3 Å². The van der Waals surface area contributed by atoms with Crippen LogP contribution >= 0.6 is 0 Å². The van der Waals surface area contributed by atoms with E-state index in [0.717, 1.165) is 42.4 Å². The number of hydrogen-bond donors (Lipinski definition) is 3. The van der Waals surface area contributed by atoms with Gasteiger partial charge in [-0.1, -0.05) is 31.0 Å². The van der Waals surface area contributed by atoms with Crippen LogP contribution in [0.3, 0.4) is 0 Å². The molecule has 1 aromatic heterocycles. The molecule has 0 spiro atoms. The van der Waals surface area contributed by atoms with Crippen molar-refractivity contribution >= 4 is 17.0 Å². The third-order valence-electron chi connectivity index (χ3n) is 4.26. The summed E-state index contributed by atoms with van der Waals surface area (Å²) in [7, 11) is 0. The Kier molecular flexibility index (Phi) is 4.34. The molecule has 2 aromatic rings. The van der Waals surface area contributed by atoms with Gasteiger partial charge in [0.05, 0.1) is 18.2 Å². The number of carbonyl (C=O) groups excluding carboxylic acids is 1. The molecule has 1 aromatic carbocycles. The number of urea groups is 1. The van der Waals surface area contributed by atoms with Gasteiger partial charge >= 0.3 is 6.03 Å². The molecule has 2 amide bonds. The summed E-state index contributed by atoms with van der Waals surface area (Å²) in [4.78, 5) is 12.1. The normalized spacial score (nSPS) is 23.2. The first-order valence-electron chi connectivity index (χ1n) is 7.87. The van der Waals surface area contributed by atoms with Gasteiger partial charge in [0.15, 0.2) is 0 Å². The smallest absolute Gasteiger partial charge is 0.315 e. The molecule has 0 saturated heterocycles. The first kappa shape index (κ1) is 14.9. The second-order valence-corrected chi connectivity index (χ2v) is 5.98. The van der Waals surface area contributed by atoms with E-state index in [1.165, 1.54) is 0 Å². The molecule has 5 heteroatoms. The molecule has 1 heterocycles. The highest BCUT2D eigenvalue weighted by atomic mass is 16.3. The molecular weight excluding hydrogens is 280 g/mol. The van der Waals surface area contributed by atoms with Crippen LogP contribution in [0.2, 0.25) is 0 Å². The summed E-state index contributed by atoms with van der Waals surface area (Å²) in [6.07, 6.45) is 3.20. The number of aliphatic hydroxyl groups is 1. The minimum Gasteiger partial charge on any atom is -0.459 e. The molecule has 1 fully saturated rings. The Hall–Kier alpha value is -2.01. The van der Waals surface area contributed by atoms with Crippen molar-refractivity contribution in [1.29, 1.82) is 0 Å². The van der Waals surface area contributed by atoms with E-state index in [1.807, 2.05) is 37.3 Å². The van der Waals surface area contributed by atoms with Crippen molar-refractivity contribution in [2.75, 3.05) is 0 Å². The van der Waals surface area contributed by atoms with E-state index >= 15 is 0 Å². The third kappa shape index (κ3) is 3.25. The minimum atomic E-state index is -0.444. The van der Waals surface area contributed by atoms with E-state index in [1.54, 1.807) is 0 Å². The van der Waals surface area contributed by atoms with Gasteiger partial charge in [0.25, 0.3) is 0 Å². The number of aliphatic hydroxyl groups excluding tert-OH is 1. The lowest BCUT2D eigenvalue weighted by Crippen LogP contribution is -2.49. The van der Waals surface area contributed by atoms with Crippen LogP contribution in [-0.2, 0) is 0 Å². The van der Waals surface area contributed by atoms with Crippen LogP contribution in [-0.4, -0.2) is 23.3 Å². The Balaban J connectivity index is 1.60. The van der Waals surface area contributed by atoms with Gasteiger partial charge in [0.2, 0.25) is 0 Å². The highest BCUT2D eigenvalue weighted by Crippen LogP contribution is 2.23. The summed E-state index contributed by atoms with van der Waals surface area (Å²) in [5.74, 6) is 0.723. The quantitative estimate of drug-likeness (QED) is 0.815. The van der Waals surface area contributed by atoms with E-state index in [0.29, 0.717) is 0 Å². The van der Waals surface area contributed by atoms with Crippen molar-refractivity contribution in [2.24, 2.45) is 0 Å². The molecule has 3 atom stereocenters. The number of hydrogen-bond acceptors (Lipinski definition) is 3. The van der Waals surface area contributed by atoms with Crippen LogP contribution in [0.25, 0.3) is 11.0 Å². The van der Waals surface area contributed by atoms with Crippen LogP contribution in [0.15, 0.2) is 34.7 Å². The van der Waals surface area contributed by atoms with Crippen LogP contribution < -0.4 is 10.6 Å². The summed E-state index contributed by atoms with van der Waals surface area (Å²) >= 11 is 0. The zero-order valence-corrected chi connectivity index (χ0v) is 12.7. The van der Waals surface area contributed by atoms with Crippen molar-refractivity contribution in [3.63, 3.8) is 0 Å². The molecule has 0 aliphatic heterocycles. The van der Waals surface area contributed by atoms with Gasteiger partial charge in [-0.3, -0.25) is 0 Å². The van der Waals surface area contributed by atoms with Crippen LogP contribution in [0.1, 0.15) is 44.4 Å². The number of amides is 2. The average molecular weight is 302 g/mol. The van der Waals surface area contributed by atoms with Crippen molar-refractivity contribution in [3.05, 3.63) is 36.1 Å². The fourth-order valence-corrected chi connectivity index (χ4v) is 2.97. The highest BCUT2D eigenvalue weighted by Gasteiger charge is 2.25. The number of para-hydroxylation sites is 1. The average Bonchev–Trinajstić information content (AvgIpc) is 2.93. The number of fused-ring (bicyclic) bond motifs is 1. The molecule has 1 aliphatic rings. The van der Waals surface area contributed by atoms with Gasteiger partial charge < -0.3 is 20.2 Å². The lowest BCUT2D eigenvalue weighted by Gasteiger charge is -2.28. The fraction of sp³-hybridized carbons (Fsp3) is 0.471. The minimum absolute atomic E-state index is 0.156. The van der Waals surface area contributed by atoms with Crippen molar-refractivity contribution in [2.45, 2.75) is 50.8 Å². The fourth-order valence-electron chi connectivity index (χ4n) is 2.97. The van der Waals surface area contributed by atoms with Gasteiger partial charge in [0, 0.05) is 5.39 Å². The van der Waals surface area contributed by atoms with Crippen LogP contribution in [0.5, 0.6) is 0 Å². The summed E-state index contributed by atoms with van der Waals surface area (Å²) in [6, 6.07) is 9.05. The summed E-state index contributed by atoms with van der Waals surface area (Å²) in [6.45, 7) is 1.88. The number of carbonyl (C=O) groups is 1. The Bertz CT molecular complexity index is 619. The van der Waals surface area contributed by atoms with Gasteiger partial charge in [-0.05, 0) is 31.9 Å². The third-order valence-corrected chi connectivity index (χ3v) is 4.26. The van der Waals surface area contributed by atoms with E-state index in [4.69, 9.17) is 4.42 Å². The standard InChI is InChI=1S/C17H22N2O3/c1-11(16-10-12-6-2-5-9-15(12)22-16)18-17(21)19-13-7-3-4-8-14(13)20/h2,5-6,9-11,13-14,20H,3-4,7-8H2,1H3,(H2,18,19,21). The second-order valence-electron chi connectivity index (χ2n) is 5.98. The van der Waals surface area contributed by atoms with Crippen molar-refractivity contribution in [3.8, 4) is 0 Å². The molecule has 3 unspecified atom stereocenters. The maximum absolute atomic E-state index is 12.1. The molecular formula is C17H22N2O3. The molecule has 22 heavy (non-hydrogen) atoms. The predicted octanol–water partition coefficient (Wildman–Crippen LogP) is 3.10. The summed E-state index contributed by atoms with van der Waals surface area (Å²) < 4.78 is 5.75. The lowest BCUT2D eigenvalue weighted by molar-refractivity contribution is 0.0940. The maximum atomic E-state index is 12.1. The Morgan fingerprint density at radius 1 is 1.32 bits per heavy atom. The summed E-state index contributed by atoms with van der Waals surface area (Å²) in [5.41, 5.74) is 0.814. The molecule has 118 valence electrons. The second kappa shape index (κ2) is 6.40. The van der Waals surface area contributed by atoms with E-state index in [-0.39, 0.29) is 18.1 Å². The van der Waals surface area contributed by atoms with Crippen LogP contribution in [0, 0.1) is 0 Å². The first-order chi connectivity index (χ1) is 10.6. The zero-order valence-electron chi connectivity index (χ0n) is 12.7. The maximum Gasteiger partial charge on any atom is 0.315 e. The molecule has 3 rings (SSSR count). The van der Waals surface area contributed by atoms with Crippen LogP contribution in [0.4, 0.5) is 4.79 Å². The van der Waals surface area contributed by atoms with Crippen molar-refractivity contribution in [1.82, 2.24) is 10.6 Å². The molecule has 1 saturated carbocycles. The highest BCUT2D eigenvalue weighted by molar-refractivity contribution is 5.78. The summed E-state index contributed by atoms with van der Waals surface area (Å²) in [5, 5.41) is 16.7. The number of benzene rings is 1. The molecule has 5 nitrogen and oxygen atoms in total. The topological polar surface area (TPSA) is 74.5 Å². The van der Waals surface area contributed by atoms with Gasteiger partial charge in [0.1, 0.15) is 11.3 Å². The SMILES string of the molecule is CC(NC(=O)NC1CCCCC1O)c1cc2ccccc2o1. The molecule has 0 bridgehead atoms.